The molecule has 0 bridgehead atoms. The zero-order valence-electron chi connectivity index (χ0n) is 14.5. The van der Waals surface area contributed by atoms with Crippen LogP contribution in [0.25, 0.3) is 6.08 Å². The summed E-state index contributed by atoms with van der Waals surface area (Å²) in [6.07, 6.45) is 2.75. The molecule has 0 aromatic heterocycles. The van der Waals surface area contributed by atoms with Crippen LogP contribution in [0.3, 0.4) is 0 Å². The molecule has 0 radical (unpaired) electrons. The molecule has 0 atom stereocenters. The summed E-state index contributed by atoms with van der Waals surface area (Å²) in [5, 5.41) is 22.8. The Kier molecular flexibility index (Phi) is 6.93. The number of nitrogens with one attached hydrogen (secondary N) is 3. The van der Waals surface area contributed by atoms with Gasteiger partial charge in [-0.3, -0.25) is 10.0 Å². The molecule has 8 heteroatoms. The summed E-state index contributed by atoms with van der Waals surface area (Å²) in [5.41, 5.74) is 4.04. The van der Waals surface area contributed by atoms with E-state index in [0.717, 1.165) is 11.1 Å². The van der Waals surface area contributed by atoms with Crippen molar-refractivity contribution >= 4 is 23.7 Å². The summed E-state index contributed by atoms with van der Waals surface area (Å²) >= 11 is 0. The Morgan fingerprint density at radius 1 is 1.22 bits per heavy atom. The number of hydroxylamine groups is 1. The maximum Gasteiger partial charge on any atom is 0.319 e. The molecule has 4 N–H and O–H groups in total. The van der Waals surface area contributed by atoms with E-state index in [4.69, 9.17) is 15.2 Å². The molecule has 0 heterocycles. The molecule has 27 heavy (non-hydrogen) atoms. The van der Waals surface area contributed by atoms with E-state index < -0.39 is 11.9 Å². The van der Waals surface area contributed by atoms with Crippen molar-refractivity contribution in [3.63, 3.8) is 0 Å². The second-order valence-corrected chi connectivity index (χ2v) is 5.39. The first-order valence-electron chi connectivity index (χ1n) is 7.90. The normalized spacial score (nSPS) is 10.1. The number of carbonyl (C=O) groups excluding carboxylic acids is 2. The van der Waals surface area contributed by atoms with Crippen LogP contribution >= 0.6 is 0 Å². The number of amides is 3. The van der Waals surface area contributed by atoms with Gasteiger partial charge in [-0.2, -0.15) is 5.26 Å². The first-order valence-corrected chi connectivity index (χ1v) is 7.90. The Labute approximate surface area is 156 Å². The Morgan fingerprint density at radius 3 is 2.59 bits per heavy atom. The molecule has 8 nitrogen and oxygen atoms in total. The van der Waals surface area contributed by atoms with Gasteiger partial charge in [-0.05, 0) is 29.3 Å². The predicted molar refractivity (Wildman–Crippen MR) is 99.0 cm³/mol. The first-order chi connectivity index (χ1) is 13.0. The van der Waals surface area contributed by atoms with Gasteiger partial charge in [0.05, 0.1) is 12.7 Å². The lowest BCUT2D eigenvalue weighted by Gasteiger charge is -2.10. The maximum absolute atomic E-state index is 12.0. The molecule has 0 aliphatic rings. The minimum Gasteiger partial charge on any atom is -0.495 e. The highest BCUT2D eigenvalue weighted by molar-refractivity contribution is 5.91. The zero-order valence-corrected chi connectivity index (χ0v) is 14.5. The van der Waals surface area contributed by atoms with E-state index in [9.17, 15) is 9.59 Å². The van der Waals surface area contributed by atoms with Crippen molar-refractivity contribution in [1.29, 1.82) is 5.26 Å². The molecule has 0 aliphatic carbocycles. The second kappa shape index (κ2) is 9.60. The Bertz CT molecular complexity index is 886. The van der Waals surface area contributed by atoms with Crippen LogP contribution < -0.4 is 20.9 Å². The fourth-order valence-electron chi connectivity index (χ4n) is 2.17. The Morgan fingerprint density at radius 2 is 1.96 bits per heavy atom. The van der Waals surface area contributed by atoms with E-state index in [-0.39, 0.29) is 0 Å². The molecule has 2 aromatic carbocycles. The minimum atomic E-state index is -0.614. The number of ether oxygens (including phenoxy) is 1. The van der Waals surface area contributed by atoms with Gasteiger partial charge in [-0.25, -0.2) is 10.3 Å². The summed E-state index contributed by atoms with van der Waals surface area (Å²) in [6.45, 7) is 0.306. The van der Waals surface area contributed by atoms with Crippen molar-refractivity contribution in [2.24, 2.45) is 0 Å². The third-order valence-corrected chi connectivity index (χ3v) is 3.55. The van der Waals surface area contributed by atoms with Gasteiger partial charge in [0.2, 0.25) is 0 Å². The molecule has 0 fully saturated rings. The number of benzene rings is 2. The highest BCUT2D eigenvalue weighted by atomic mass is 16.5. The van der Waals surface area contributed by atoms with Crippen molar-refractivity contribution in [3.05, 3.63) is 65.2 Å². The quantitative estimate of drug-likeness (QED) is 0.355. The lowest BCUT2D eigenvalue weighted by atomic mass is 10.1. The topological polar surface area (TPSA) is 123 Å². The molecule has 3 amide bonds. The van der Waals surface area contributed by atoms with Gasteiger partial charge in [0.25, 0.3) is 5.91 Å². The van der Waals surface area contributed by atoms with Crippen LogP contribution in [0.4, 0.5) is 10.5 Å². The van der Waals surface area contributed by atoms with Crippen molar-refractivity contribution in [2.75, 3.05) is 12.4 Å². The van der Waals surface area contributed by atoms with Gasteiger partial charge in [0.1, 0.15) is 11.8 Å². The molecule has 2 aromatic rings. The number of urea groups is 1. The molecule has 0 saturated carbocycles. The van der Waals surface area contributed by atoms with Gasteiger partial charge >= 0.3 is 6.03 Å². The lowest BCUT2D eigenvalue weighted by Crippen LogP contribution is -2.28. The number of nitrogens with zero attached hydrogens (tertiary/aromatic N) is 1. The van der Waals surface area contributed by atoms with E-state index in [0.29, 0.717) is 23.5 Å². The van der Waals surface area contributed by atoms with Crippen molar-refractivity contribution in [1.82, 2.24) is 10.8 Å². The van der Waals surface area contributed by atoms with Crippen LogP contribution in [0.2, 0.25) is 0 Å². The van der Waals surface area contributed by atoms with Crippen molar-refractivity contribution in [3.8, 4) is 11.8 Å². The summed E-state index contributed by atoms with van der Waals surface area (Å²) in [4.78, 5) is 22.9. The Balaban J connectivity index is 1.89. The number of carbonyl (C=O) groups is 2. The van der Waals surface area contributed by atoms with Crippen LogP contribution in [0, 0.1) is 11.3 Å². The smallest absolute Gasteiger partial charge is 0.319 e. The van der Waals surface area contributed by atoms with Gasteiger partial charge in [0, 0.05) is 24.4 Å². The average molecular weight is 366 g/mol. The SMILES string of the molecule is COc1cc(NC(=O)NCc2ccc(/C=C/C(=O)NO)cc2)ccc1C#N. The molecule has 0 aliphatic heterocycles. The average Bonchev–Trinajstić information content (AvgIpc) is 2.71. The van der Waals surface area contributed by atoms with Crippen LogP contribution in [-0.4, -0.2) is 24.3 Å². The molecule has 2 rings (SSSR count). The number of nitriles is 1. The van der Waals surface area contributed by atoms with Crippen LogP contribution in [0.15, 0.2) is 48.5 Å². The first kappa shape index (κ1) is 19.5. The summed E-state index contributed by atoms with van der Waals surface area (Å²) < 4.78 is 5.10. The third-order valence-electron chi connectivity index (χ3n) is 3.55. The number of methoxy groups -OCH3 is 1. The zero-order chi connectivity index (χ0) is 19.6. The third kappa shape index (κ3) is 5.88. The fraction of sp³-hybridized carbons (Fsp3) is 0.105. The summed E-state index contributed by atoms with van der Waals surface area (Å²) in [5.74, 6) is -0.231. The maximum atomic E-state index is 12.0. The van der Waals surface area contributed by atoms with Gasteiger partial charge in [0.15, 0.2) is 0 Å². The second-order valence-electron chi connectivity index (χ2n) is 5.39. The molecule has 138 valence electrons. The molecule has 0 saturated heterocycles. The van der Waals surface area contributed by atoms with Crippen molar-refractivity contribution < 1.29 is 19.5 Å². The van der Waals surface area contributed by atoms with E-state index in [2.05, 4.69) is 10.6 Å². The lowest BCUT2D eigenvalue weighted by molar-refractivity contribution is -0.124. The number of hydrogen-bond acceptors (Lipinski definition) is 5. The van der Waals surface area contributed by atoms with Crippen LogP contribution in [-0.2, 0) is 11.3 Å². The molecule has 0 spiro atoms. The van der Waals surface area contributed by atoms with Gasteiger partial charge in [-0.1, -0.05) is 24.3 Å². The monoisotopic (exact) mass is 366 g/mol. The molecular formula is C19H18N4O4. The van der Waals surface area contributed by atoms with Crippen LogP contribution in [0.5, 0.6) is 5.75 Å². The Hall–Kier alpha value is -3.83. The number of hydrogen-bond donors (Lipinski definition) is 4. The van der Waals surface area contributed by atoms with Crippen molar-refractivity contribution in [2.45, 2.75) is 6.54 Å². The summed E-state index contributed by atoms with van der Waals surface area (Å²) in [7, 11) is 1.45. The van der Waals surface area contributed by atoms with E-state index in [1.54, 1.807) is 36.4 Å². The van der Waals surface area contributed by atoms with Gasteiger partial charge < -0.3 is 15.4 Å². The van der Waals surface area contributed by atoms with E-state index in [1.807, 2.05) is 18.2 Å². The molecule has 0 unspecified atom stereocenters. The van der Waals surface area contributed by atoms with E-state index >= 15 is 0 Å². The van der Waals surface area contributed by atoms with E-state index in [1.165, 1.54) is 18.7 Å². The highest BCUT2D eigenvalue weighted by Crippen LogP contribution is 2.22. The van der Waals surface area contributed by atoms with Gasteiger partial charge in [-0.15, -0.1) is 0 Å². The predicted octanol–water partition coefficient (Wildman–Crippen LogP) is 2.41. The summed E-state index contributed by atoms with van der Waals surface area (Å²) in [6, 6.07) is 13.5. The minimum absolute atomic E-state index is 0.306. The number of rotatable bonds is 6. The largest absolute Gasteiger partial charge is 0.495 e. The number of anilines is 1. The molecular weight excluding hydrogens is 348 g/mol. The fourth-order valence-corrected chi connectivity index (χ4v) is 2.17. The standard InChI is InChI=1S/C19H18N4O4/c1-27-17-10-16(8-7-15(17)11-20)22-19(25)21-12-14-4-2-13(3-5-14)6-9-18(24)23-26/h2-10,26H,12H2,1H3,(H,23,24)(H2,21,22,25)/b9-6+. The highest BCUT2D eigenvalue weighted by Gasteiger charge is 2.06. The van der Waals surface area contributed by atoms with Crippen LogP contribution in [0.1, 0.15) is 16.7 Å².